The largest absolute Gasteiger partial charge is 0.487 e. The van der Waals surface area contributed by atoms with Gasteiger partial charge < -0.3 is 9.84 Å². The Morgan fingerprint density at radius 1 is 1.21 bits per heavy atom. The van der Waals surface area contributed by atoms with Crippen molar-refractivity contribution in [1.29, 1.82) is 0 Å². The number of sulfonamides is 1. The standard InChI is InChI=1S/C27H34N2O4S/c1-20-16-29(21(2)19-30)34(31,32)27-14-13-23(12-11-22-9-10-22)15-25(27)33-26(20)18-28(3)17-24-7-5-4-6-8-24/h4-8,13-15,20-22,26,30H,9-10,16-19H2,1-3H3/t20-,21+,26-/m0/s1. The second-order valence-corrected chi connectivity index (χ2v) is 11.5. The number of ether oxygens (including phenoxy) is 1. The van der Waals surface area contributed by atoms with Crippen LogP contribution in [-0.4, -0.2) is 61.6 Å². The maximum absolute atomic E-state index is 13.6. The average Bonchev–Trinajstić information content (AvgIpc) is 3.64. The lowest BCUT2D eigenvalue weighted by Gasteiger charge is -2.37. The summed E-state index contributed by atoms with van der Waals surface area (Å²) in [5.41, 5.74) is 1.96. The van der Waals surface area contributed by atoms with Gasteiger partial charge in [0.15, 0.2) is 0 Å². The average molecular weight is 483 g/mol. The number of aliphatic hydroxyl groups is 1. The maximum Gasteiger partial charge on any atom is 0.247 e. The van der Waals surface area contributed by atoms with Crippen LogP contribution in [0.2, 0.25) is 0 Å². The third-order valence-electron chi connectivity index (χ3n) is 6.45. The summed E-state index contributed by atoms with van der Waals surface area (Å²) in [6, 6.07) is 14.8. The van der Waals surface area contributed by atoms with Crippen LogP contribution in [0.1, 0.15) is 37.8 Å². The molecule has 1 heterocycles. The molecule has 1 aliphatic carbocycles. The van der Waals surface area contributed by atoms with Gasteiger partial charge in [-0.15, -0.1) is 0 Å². The minimum Gasteiger partial charge on any atom is -0.487 e. The quantitative estimate of drug-likeness (QED) is 0.640. The summed E-state index contributed by atoms with van der Waals surface area (Å²) in [7, 11) is -1.79. The van der Waals surface area contributed by atoms with Crippen LogP contribution in [0.3, 0.4) is 0 Å². The Labute approximate surface area is 203 Å². The van der Waals surface area contributed by atoms with Gasteiger partial charge in [0.05, 0.1) is 6.61 Å². The molecular weight excluding hydrogens is 448 g/mol. The highest BCUT2D eigenvalue weighted by molar-refractivity contribution is 7.89. The molecule has 1 N–H and O–H groups in total. The van der Waals surface area contributed by atoms with E-state index in [1.165, 1.54) is 9.87 Å². The number of fused-ring (bicyclic) bond motifs is 1. The van der Waals surface area contributed by atoms with Crippen molar-refractivity contribution in [3.63, 3.8) is 0 Å². The van der Waals surface area contributed by atoms with Gasteiger partial charge in [-0.25, -0.2) is 8.42 Å². The summed E-state index contributed by atoms with van der Waals surface area (Å²) in [5, 5.41) is 9.80. The van der Waals surface area contributed by atoms with Gasteiger partial charge in [-0.2, -0.15) is 4.31 Å². The topological polar surface area (TPSA) is 70.1 Å². The van der Waals surface area contributed by atoms with Crippen molar-refractivity contribution in [1.82, 2.24) is 9.21 Å². The van der Waals surface area contributed by atoms with Crippen molar-refractivity contribution >= 4 is 10.0 Å². The molecule has 3 atom stereocenters. The zero-order valence-electron chi connectivity index (χ0n) is 20.1. The zero-order valence-corrected chi connectivity index (χ0v) is 21.0. The Morgan fingerprint density at radius 2 is 1.94 bits per heavy atom. The summed E-state index contributed by atoms with van der Waals surface area (Å²) >= 11 is 0. The van der Waals surface area contributed by atoms with E-state index in [0.29, 0.717) is 18.2 Å². The summed E-state index contributed by atoms with van der Waals surface area (Å²) in [6.07, 6.45) is 2.02. The first kappa shape index (κ1) is 24.7. The van der Waals surface area contributed by atoms with E-state index >= 15 is 0 Å². The number of benzene rings is 2. The second kappa shape index (κ2) is 10.5. The molecule has 182 valence electrons. The summed E-state index contributed by atoms with van der Waals surface area (Å²) in [4.78, 5) is 2.33. The molecule has 2 aliphatic rings. The molecule has 0 aromatic heterocycles. The third kappa shape index (κ3) is 5.81. The van der Waals surface area contributed by atoms with Crippen molar-refractivity contribution < 1.29 is 18.3 Å². The molecule has 0 radical (unpaired) electrons. The first-order valence-electron chi connectivity index (χ1n) is 12.0. The molecular formula is C27H34N2O4S. The highest BCUT2D eigenvalue weighted by Gasteiger charge is 2.38. The fourth-order valence-corrected chi connectivity index (χ4v) is 6.03. The van der Waals surface area contributed by atoms with Gasteiger partial charge in [0, 0.05) is 43.1 Å². The van der Waals surface area contributed by atoms with Crippen molar-refractivity contribution in [2.75, 3.05) is 26.7 Å². The normalized spacial score (nSPS) is 23.1. The second-order valence-electron chi connectivity index (χ2n) is 9.63. The molecule has 1 aliphatic heterocycles. The van der Waals surface area contributed by atoms with Crippen molar-refractivity contribution in [3.05, 3.63) is 59.7 Å². The van der Waals surface area contributed by atoms with Gasteiger partial charge >= 0.3 is 0 Å². The van der Waals surface area contributed by atoms with Crippen molar-refractivity contribution in [3.8, 4) is 17.6 Å². The minimum absolute atomic E-state index is 0.0867. The first-order valence-corrected chi connectivity index (χ1v) is 13.4. The summed E-state index contributed by atoms with van der Waals surface area (Å²) in [5.74, 6) is 7.11. The zero-order chi connectivity index (χ0) is 24.3. The number of likely N-dealkylation sites (N-methyl/N-ethyl adjacent to an activating group) is 1. The monoisotopic (exact) mass is 482 g/mol. The van der Waals surface area contributed by atoms with E-state index in [1.54, 1.807) is 25.1 Å². The number of nitrogens with zero attached hydrogens (tertiary/aromatic N) is 2. The van der Waals surface area contributed by atoms with Crippen LogP contribution in [0.25, 0.3) is 0 Å². The number of hydrogen-bond acceptors (Lipinski definition) is 5. The predicted octanol–water partition coefficient (Wildman–Crippen LogP) is 3.35. The fraction of sp³-hybridized carbons (Fsp3) is 0.481. The number of aliphatic hydroxyl groups excluding tert-OH is 1. The van der Waals surface area contributed by atoms with Crippen LogP contribution in [-0.2, 0) is 16.6 Å². The van der Waals surface area contributed by atoms with E-state index in [1.807, 2.05) is 32.2 Å². The van der Waals surface area contributed by atoms with E-state index in [9.17, 15) is 13.5 Å². The van der Waals surface area contributed by atoms with Crippen LogP contribution >= 0.6 is 0 Å². The molecule has 4 rings (SSSR count). The van der Waals surface area contributed by atoms with E-state index in [0.717, 1.165) is 24.9 Å². The van der Waals surface area contributed by atoms with Gasteiger partial charge in [0.1, 0.15) is 16.7 Å². The van der Waals surface area contributed by atoms with Crippen molar-refractivity contribution in [2.24, 2.45) is 11.8 Å². The summed E-state index contributed by atoms with van der Waals surface area (Å²) in [6.45, 7) is 5.17. The molecule has 2 aromatic carbocycles. The van der Waals surface area contributed by atoms with E-state index in [-0.39, 0.29) is 30.1 Å². The van der Waals surface area contributed by atoms with Crippen LogP contribution in [0.15, 0.2) is 53.4 Å². The van der Waals surface area contributed by atoms with Crippen LogP contribution < -0.4 is 4.74 Å². The van der Waals surface area contributed by atoms with E-state index in [2.05, 4.69) is 28.9 Å². The van der Waals surface area contributed by atoms with Gasteiger partial charge in [-0.1, -0.05) is 49.1 Å². The Hall–Kier alpha value is -2.37. The Morgan fingerprint density at radius 3 is 2.62 bits per heavy atom. The lowest BCUT2D eigenvalue weighted by molar-refractivity contribution is 0.0733. The Bertz CT molecular complexity index is 1150. The maximum atomic E-state index is 13.6. The van der Waals surface area contributed by atoms with E-state index in [4.69, 9.17) is 4.74 Å². The molecule has 0 unspecified atom stereocenters. The molecule has 34 heavy (non-hydrogen) atoms. The predicted molar refractivity (Wildman–Crippen MR) is 133 cm³/mol. The van der Waals surface area contributed by atoms with Gasteiger partial charge in [-0.05, 0) is 50.6 Å². The summed E-state index contributed by atoms with van der Waals surface area (Å²) < 4.78 is 35.0. The molecule has 1 fully saturated rings. The molecule has 0 amide bonds. The number of hydrogen-bond donors (Lipinski definition) is 1. The highest BCUT2D eigenvalue weighted by atomic mass is 32.2. The van der Waals surface area contributed by atoms with Crippen LogP contribution in [0.5, 0.6) is 5.75 Å². The SMILES string of the molecule is C[C@H](CO)N1C[C@H](C)[C@H](CN(C)Cc2ccccc2)Oc2cc(C#CC3CC3)ccc2S1(=O)=O. The lowest BCUT2D eigenvalue weighted by Crippen LogP contribution is -2.49. The fourth-order valence-electron chi connectivity index (χ4n) is 4.20. The van der Waals surface area contributed by atoms with Crippen LogP contribution in [0.4, 0.5) is 0 Å². The number of rotatable bonds is 6. The highest BCUT2D eigenvalue weighted by Crippen LogP contribution is 2.34. The molecule has 0 spiro atoms. The first-order chi connectivity index (χ1) is 16.3. The van der Waals surface area contributed by atoms with E-state index < -0.39 is 16.1 Å². The molecule has 2 aromatic rings. The van der Waals surface area contributed by atoms with Gasteiger partial charge in [-0.3, -0.25) is 4.90 Å². The third-order valence-corrected chi connectivity index (χ3v) is 8.47. The molecule has 7 heteroatoms. The smallest absolute Gasteiger partial charge is 0.247 e. The van der Waals surface area contributed by atoms with Crippen molar-refractivity contribution in [2.45, 2.75) is 50.3 Å². The van der Waals surface area contributed by atoms with Gasteiger partial charge in [0.2, 0.25) is 10.0 Å². The Balaban J connectivity index is 1.66. The molecule has 0 bridgehead atoms. The Kier molecular flexibility index (Phi) is 7.63. The van der Waals surface area contributed by atoms with Gasteiger partial charge in [0.25, 0.3) is 0 Å². The molecule has 1 saturated carbocycles. The lowest BCUT2D eigenvalue weighted by atomic mass is 10.0. The molecule has 0 saturated heterocycles. The van der Waals surface area contributed by atoms with Crippen LogP contribution in [0, 0.1) is 23.7 Å². The minimum atomic E-state index is -3.84. The molecule has 6 nitrogen and oxygen atoms in total.